The van der Waals surface area contributed by atoms with E-state index in [2.05, 4.69) is 121 Å². The normalized spacial score (nSPS) is 35.6. The molecule has 9 rings (SSSR count). The Morgan fingerprint density at radius 3 is 2.69 bits per heavy atom. The van der Waals surface area contributed by atoms with Crippen LogP contribution in [0.4, 0.5) is 0 Å². The number of nitrogens with zero attached hydrogens (tertiary/aromatic N) is 1. The summed E-state index contributed by atoms with van der Waals surface area (Å²) in [5, 5.41) is 3.70. The summed E-state index contributed by atoms with van der Waals surface area (Å²) in [6, 6.07) is 10.7. The van der Waals surface area contributed by atoms with E-state index in [0.29, 0.717) is 41.8 Å². The largest absolute Gasteiger partial charge is 0.310 e. The highest BCUT2D eigenvalue weighted by Crippen LogP contribution is 2.48. The highest BCUT2D eigenvalue weighted by atomic mass is 15.2. The van der Waals surface area contributed by atoms with Crippen molar-refractivity contribution < 1.29 is 0 Å². The minimum absolute atomic E-state index is 0.380. The maximum Gasteiger partial charge on any atom is 0.0397 e. The number of nitrogens with one attached hydrogen (secondary N) is 1. The zero-order valence-electron chi connectivity index (χ0n) is 31.8. The SMILES string of the molecule is C/C1=C2/C=CCC/C2=C(\C(C)CC/C=C2/C=CCCC2)CN(C2C=CC3CCC=CC3C2)C2CC(C3CC=C(C4CCN4)c4ccccc43)=CC=C12. The molecule has 1 aromatic carbocycles. The molecule has 6 aliphatic carbocycles. The average Bonchev–Trinajstić information content (AvgIpc) is 3.17. The molecule has 8 aliphatic rings. The zero-order chi connectivity index (χ0) is 35.0. The van der Waals surface area contributed by atoms with Gasteiger partial charge in [0.2, 0.25) is 0 Å². The van der Waals surface area contributed by atoms with Crippen LogP contribution in [0.2, 0.25) is 0 Å². The summed E-state index contributed by atoms with van der Waals surface area (Å²) in [4.78, 5) is 3.02. The summed E-state index contributed by atoms with van der Waals surface area (Å²) < 4.78 is 0. The van der Waals surface area contributed by atoms with Crippen molar-refractivity contribution in [2.24, 2.45) is 17.8 Å². The van der Waals surface area contributed by atoms with Gasteiger partial charge in [-0.25, -0.2) is 0 Å². The van der Waals surface area contributed by atoms with Crippen molar-refractivity contribution in [1.82, 2.24) is 10.2 Å². The van der Waals surface area contributed by atoms with Gasteiger partial charge in [-0.2, -0.15) is 0 Å². The minimum atomic E-state index is 0.380. The number of hydrogen-bond acceptors (Lipinski definition) is 2. The molecular formula is C50H60N2. The zero-order valence-corrected chi connectivity index (χ0v) is 31.8. The Morgan fingerprint density at radius 2 is 1.83 bits per heavy atom. The fourth-order valence-corrected chi connectivity index (χ4v) is 11.0. The van der Waals surface area contributed by atoms with Gasteiger partial charge in [-0.15, -0.1) is 0 Å². The number of hydrogen-bond donors (Lipinski definition) is 1. The van der Waals surface area contributed by atoms with Crippen molar-refractivity contribution in [2.45, 2.75) is 121 Å². The maximum atomic E-state index is 3.70. The lowest BCUT2D eigenvalue weighted by atomic mass is 9.70. The van der Waals surface area contributed by atoms with Crippen LogP contribution in [0.5, 0.6) is 0 Å². The molecule has 270 valence electrons. The first kappa shape index (κ1) is 34.3. The quantitative estimate of drug-likeness (QED) is 0.287. The molecule has 1 saturated heterocycles. The van der Waals surface area contributed by atoms with Crippen LogP contribution in [0.3, 0.4) is 0 Å². The highest BCUT2D eigenvalue weighted by molar-refractivity contribution is 5.76. The van der Waals surface area contributed by atoms with E-state index in [1.54, 1.807) is 33.4 Å². The van der Waals surface area contributed by atoms with Crippen LogP contribution in [0.1, 0.15) is 114 Å². The molecule has 2 heteroatoms. The van der Waals surface area contributed by atoms with Crippen LogP contribution in [0.25, 0.3) is 5.57 Å². The van der Waals surface area contributed by atoms with Gasteiger partial charge in [0, 0.05) is 30.6 Å². The summed E-state index contributed by atoms with van der Waals surface area (Å²) in [7, 11) is 0. The van der Waals surface area contributed by atoms with Crippen molar-refractivity contribution in [1.29, 1.82) is 0 Å². The summed E-state index contributed by atoms with van der Waals surface area (Å²) >= 11 is 0. The molecule has 0 aromatic heterocycles. The standard InChI is InChI=1S/C50H60N2/c1-34(13-12-16-36-14-4-3-5-15-36)48-33-52(40-25-23-37-17-6-7-18-38(37)31-40)50-32-39(24-26-42(50)35(2)41-19-8-9-20-44(41)48)43-27-28-47(49-29-30-51-49)46-22-11-10-21-45(43)46/h4,7-8,10-11,14,16,18-19,21-26,28,34,37-38,40,43,49-51H,3,5-6,9,12-13,15,17,20,27,29-33H2,1-2H3/b36-16-,41-35+,48-44+. The maximum absolute atomic E-state index is 3.70. The second-order valence-corrected chi connectivity index (χ2v) is 17.1. The predicted molar refractivity (Wildman–Crippen MR) is 220 cm³/mol. The Bertz CT molecular complexity index is 1860. The van der Waals surface area contributed by atoms with Crippen molar-refractivity contribution in [3.63, 3.8) is 0 Å². The van der Waals surface area contributed by atoms with Gasteiger partial charge in [-0.1, -0.05) is 115 Å². The van der Waals surface area contributed by atoms with Crippen LogP contribution in [-0.2, 0) is 0 Å². The van der Waals surface area contributed by atoms with Gasteiger partial charge in [0.15, 0.2) is 0 Å². The van der Waals surface area contributed by atoms with Gasteiger partial charge in [0.1, 0.15) is 0 Å². The van der Waals surface area contributed by atoms with E-state index in [1.165, 1.54) is 86.5 Å². The van der Waals surface area contributed by atoms with Gasteiger partial charge in [-0.3, -0.25) is 4.90 Å². The van der Waals surface area contributed by atoms with Crippen LogP contribution < -0.4 is 5.32 Å². The summed E-state index contributed by atoms with van der Waals surface area (Å²) in [5.41, 5.74) is 15.8. The predicted octanol–water partition coefficient (Wildman–Crippen LogP) is 11.8. The first-order valence-corrected chi connectivity index (χ1v) is 21.1. The van der Waals surface area contributed by atoms with Gasteiger partial charge in [0.25, 0.3) is 0 Å². The summed E-state index contributed by atoms with van der Waals surface area (Å²) in [6.07, 6.45) is 46.1. The molecule has 0 radical (unpaired) electrons. The van der Waals surface area contributed by atoms with Crippen molar-refractivity contribution in [3.8, 4) is 0 Å². The second-order valence-electron chi connectivity index (χ2n) is 17.1. The third kappa shape index (κ3) is 6.64. The van der Waals surface area contributed by atoms with E-state index in [-0.39, 0.29) is 0 Å². The molecule has 2 aliphatic heterocycles. The smallest absolute Gasteiger partial charge is 0.0397 e. The number of fused-ring (bicyclic) bond motifs is 4. The van der Waals surface area contributed by atoms with E-state index >= 15 is 0 Å². The fraction of sp³-hybridized carbons (Fsp3) is 0.480. The third-order valence-corrected chi connectivity index (χ3v) is 14.2. The van der Waals surface area contributed by atoms with Gasteiger partial charge >= 0.3 is 0 Å². The lowest BCUT2D eigenvalue weighted by molar-refractivity contribution is 0.155. The van der Waals surface area contributed by atoms with Crippen LogP contribution in [0, 0.1) is 17.8 Å². The minimum Gasteiger partial charge on any atom is -0.310 e. The molecule has 7 atom stereocenters. The molecule has 0 spiro atoms. The Balaban J connectivity index is 1.09. The number of allylic oxidation sites excluding steroid dienone is 14. The molecule has 2 heterocycles. The summed E-state index contributed by atoms with van der Waals surface area (Å²) in [5.74, 6) is 2.39. The van der Waals surface area contributed by atoms with Crippen LogP contribution >= 0.6 is 0 Å². The van der Waals surface area contributed by atoms with Crippen LogP contribution in [0.15, 0.2) is 136 Å². The van der Waals surface area contributed by atoms with Crippen molar-refractivity contribution in [3.05, 3.63) is 147 Å². The van der Waals surface area contributed by atoms with Gasteiger partial charge in [0.05, 0.1) is 0 Å². The number of benzene rings is 1. The molecule has 7 unspecified atom stereocenters. The van der Waals surface area contributed by atoms with Gasteiger partial charge in [-0.05, 0) is 159 Å². The van der Waals surface area contributed by atoms with Crippen molar-refractivity contribution in [2.75, 3.05) is 13.1 Å². The van der Waals surface area contributed by atoms with Crippen molar-refractivity contribution >= 4 is 5.57 Å². The number of rotatable bonds is 7. The first-order chi connectivity index (χ1) is 25.6. The first-order valence-electron chi connectivity index (χ1n) is 21.1. The highest BCUT2D eigenvalue weighted by Gasteiger charge is 2.40. The Morgan fingerprint density at radius 1 is 0.923 bits per heavy atom. The lowest BCUT2D eigenvalue weighted by Crippen LogP contribution is -2.49. The molecule has 0 saturated carbocycles. The molecule has 1 fully saturated rings. The fourth-order valence-electron chi connectivity index (χ4n) is 11.0. The Hall–Kier alpha value is -3.46. The lowest BCUT2D eigenvalue weighted by Gasteiger charge is -2.47. The molecular weight excluding hydrogens is 629 g/mol. The third-order valence-electron chi connectivity index (χ3n) is 14.2. The summed E-state index contributed by atoms with van der Waals surface area (Å²) in [6.45, 7) is 7.25. The molecule has 2 nitrogen and oxygen atoms in total. The van der Waals surface area contributed by atoms with E-state index in [1.807, 2.05) is 0 Å². The average molecular weight is 689 g/mol. The van der Waals surface area contributed by atoms with E-state index in [9.17, 15) is 0 Å². The Labute approximate surface area is 314 Å². The molecule has 1 N–H and O–H groups in total. The monoisotopic (exact) mass is 688 g/mol. The van der Waals surface area contributed by atoms with E-state index in [4.69, 9.17) is 0 Å². The van der Waals surface area contributed by atoms with Crippen LogP contribution in [-0.4, -0.2) is 36.1 Å². The second kappa shape index (κ2) is 15.1. The van der Waals surface area contributed by atoms with E-state index < -0.39 is 0 Å². The topological polar surface area (TPSA) is 15.3 Å². The molecule has 0 amide bonds. The van der Waals surface area contributed by atoms with Gasteiger partial charge < -0.3 is 5.32 Å². The Kier molecular flexibility index (Phi) is 9.97. The molecule has 1 aromatic rings. The molecule has 52 heavy (non-hydrogen) atoms. The molecule has 0 bridgehead atoms. The van der Waals surface area contributed by atoms with E-state index in [0.717, 1.165) is 32.4 Å².